The molecule has 0 aliphatic carbocycles. The largest absolute Gasteiger partial charge is 0.291 e. The molecule has 0 spiro atoms. The molecule has 58 valence electrons. The van der Waals surface area contributed by atoms with Gasteiger partial charge >= 0.3 is 0 Å². The van der Waals surface area contributed by atoms with Crippen LogP contribution in [0.15, 0.2) is 11.6 Å². The van der Waals surface area contributed by atoms with Crippen LogP contribution in [0.5, 0.6) is 0 Å². The summed E-state index contributed by atoms with van der Waals surface area (Å²) in [7, 11) is 0. The molecule has 0 fully saturated rings. The number of hydrogen-bond acceptors (Lipinski definition) is 1. The topological polar surface area (TPSA) is 3.24 Å². The van der Waals surface area contributed by atoms with Crippen molar-refractivity contribution in [2.45, 2.75) is 19.8 Å². The van der Waals surface area contributed by atoms with Crippen LogP contribution >= 0.6 is 22.6 Å². The molecule has 1 nitrogen and oxygen atoms in total. The van der Waals surface area contributed by atoms with Crippen LogP contribution in [0.25, 0.3) is 0 Å². The molecule has 10 heavy (non-hydrogen) atoms. The lowest BCUT2D eigenvalue weighted by Gasteiger charge is -2.13. The number of halogens is 1. The first-order valence-electron chi connectivity index (χ1n) is 3.77. The third-order valence-electron chi connectivity index (χ3n) is 1.91. The van der Waals surface area contributed by atoms with Gasteiger partial charge in [0, 0.05) is 6.54 Å². The van der Waals surface area contributed by atoms with Gasteiger partial charge in [0.2, 0.25) is 0 Å². The molecular weight excluding hydrogens is 237 g/mol. The molecule has 0 saturated heterocycles. The number of nitrogens with zero attached hydrogens (tertiary/aromatic N) is 1. The van der Waals surface area contributed by atoms with Gasteiger partial charge in [-0.2, -0.15) is 0 Å². The first-order valence-corrected chi connectivity index (χ1v) is 5.29. The maximum Gasteiger partial charge on any atom is 0.0508 e. The summed E-state index contributed by atoms with van der Waals surface area (Å²) >= 11 is 2.43. The van der Waals surface area contributed by atoms with Crippen LogP contribution < -0.4 is 0 Å². The zero-order valence-electron chi connectivity index (χ0n) is 6.44. The van der Waals surface area contributed by atoms with Crippen molar-refractivity contribution in [1.82, 2.24) is 4.90 Å². The molecule has 0 amide bonds. The molecule has 0 saturated carbocycles. The van der Waals surface area contributed by atoms with Gasteiger partial charge in [0.1, 0.15) is 0 Å². The fourth-order valence-electron chi connectivity index (χ4n) is 1.17. The maximum atomic E-state index is 2.47. The average molecular weight is 251 g/mol. The molecule has 1 aliphatic heterocycles. The highest BCUT2D eigenvalue weighted by atomic mass is 127. The molecule has 0 unspecified atom stereocenters. The van der Waals surface area contributed by atoms with Gasteiger partial charge in [-0.15, -0.1) is 0 Å². The molecule has 0 aromatic carbocycles. The summed E-state index contributed by atoms with van der Waals surface area (Å²) in [5, 5.41) is 0. The van der Waals surface area contributed by atoms with Crippen molar-refractivity contribution in [1.29, 1.82) is 0 Å². The predicted octanol–water partition coefficient (Wildman–Crippen LogP) is 2.42. The van der Waals surface area contributed by atoms with Gasteiger partial charge in [-0.25, -0.2) is 0 Å². The predicted molar refractivity (Wildman–Crippen MR) is 53.5 cm³/mol. The van der Waals surface area contributed by atoms with Gasteiger partial charge in [-0.05, 0) is 26.3 Å². The Hall–Kier alpha value is 0.430. The molecule has 0 aromatic rings. The summed E-state index contributed by atoms with van der Waals surface area (Å²) in [5.41, 5.74) is 1.56. The van der Waals surface area contributed by atoms with Crippen LogP contribution in [-0.2, 0) is 0 Å². The van der Waals surface area contributed by atoms with E-state index < -0.39 is 0 Å². The van der Waals surface area contributed by atoms with Gasteiger partial charge in [-0.3, -0.25) is 4.90 Å². The van der Waals surface area contributed by atoms with E-state index in [0.29, 0.717) is 0 Å². The fourth-order valence-corrected chi connectivity index (χ4v) is 1.79. The van der Waals surface area contributed by atoms with Crippen LogP contribution in [0, 0.1) is 0 Å². The van der Waals surface area contributed by atoms with Crippen molar-refractivity contribution < 1.29 is 0 Å². The van der Waals surface area contributed by atoms with Crippen LogP contribution in [-0.4, -0.2) is 22.5 Å². The second-order valence-corrected chi connectivity index (χ2v) is 3.53. The Balaban J connectivity index is 2.40. The van der Waals surface area contributed by atoms with Crippen LogP contribution in [0.4, 0.5) is 0 Å². The lowest BCUT2D eigenvalue weighted by molar-refractivity contribution is 0.365. The lowest BCUT2D eigenvalue weighted by Crippen LogP contribution is -2.21. The Bertz CT molecular complexity index is 131. The summed E-state index contributed by atoms with van der Waals surface area (Å²) in [5.74, 6) is 0. The van der Waals surface area contributed by atoms with Crippen molar-refractivity contribution in [3.05, 3.63) is 11.6 Å². The maximum absolute atomic E-state index is 2.47. The van der Waals surface area contributed by atoms with E-state index in [-0.39, 0.29) is 0 Å². The van der Waals surface area contributed by atoms with E-state index in [4.69, 9.17) is 0 Å². The highest BCUT2D eigenvalue weighted by Gasteiger charge is 2.04. The first kappa shape index (κ1) is 8.53. The summed E-state index contributed by atoms with van der Waals surface area (Å²) in [4.78, 5) is 2.47. The monoisotopic (exact) mass is 251 g/mol. The van der Waals surface area contributed by atoms with Crippen molar-refractivity contribution in [2.75, 3.05) is 17.6 Å². The minimum Gasteiger partial charge on any atom is -0.291 e. The van der Waals surface area contributed by atoms with Crippen molar-refractivity contribution in [3.8, 4) is 0 Å². The first-order chi connectivity index (χ1) is 4.83. The molecule has 0 atom stereocenters. The molecule has 0 bridgehead atoms. The normalized spacial score (nSPS) is 22.0. The average Bonchev–Trinajstić information content (AvgIpc) is 2.14. The van der Waals surface area contributed by atoms with Gasteiger partial charge in [0.15, 0.2) is 0 Å². The number of alkyl halides is 1. The molecule has 1 heterocycles. The quantitative estimate of drug-likeness (QED) is 0.299. The standard InChI is InChI=1S/C8H14IN/c1-8-3-2-5-10(7-9)6-4-8/h4H,2-3,5-7H2,1H3. The number of rotatable bonds is 1. The van der Waals surface area contributed by atoms with E-state index in [1.165, 1.54) is 23.9 Å². The summed E-state index contributed by atoms with van der Waals surface area (Å²) in [6.07, 6.45) is 4.99. The highest BCUT2D eigenvalue weighted by molar-refractivity contribution is 14.1. The Labute approximate surface area is 76.6 Å². The summed E-state index contributed by atoms with van der Waals surface area (Å²) < 4.78 is 1.17. The second-order valence-electron chi connectivity index (χ2n) is 2.85. The van der Waals surface area contributed by atoms with E-state index in [1.807, 2.05) is 0 Å². The van der Waals surface area contributed by atoms with Gasteiger partial charge in [-0.1, -0.05) is 34.2 Å². The number of hydrogen-bond donors (Lipinski definition) is 0. The van der Waals surface area contributed by atoms with E-state index in [0.717, 1.165) is 6.54 Å². The Morgan fingerprint density at radius 3 is 3.20 bits per heavy atom. The van der Waals surface area contributed by atoms with Gasteiger partial charge < -0.3 is 0 Å². The smallest absolute Gasteiger partial charge is 0.0508 e. The Kier molecular flexibility index (Phi) is 3.70. The Morgan fingerprint density at radius 1 is 1.70 bits per heavy atom. The minimum absolute atomic E-state index is 1.16. The second kappa shape index (κ2) is 4.34. The summed E-state index contributed by atoms with van der Waals surface area (Å²) in [6, 6.07) is 0. The van der Waals surface area contributed by atoms with Crippen LogP contribution in [0.1, 0.15) is 19.8 Å². The van der Waals surface area contributed by atoms with Crippen LogP contribution in [0.3, 0.4) is 0 Å². The third kappa shape index (κ3) is 2.58. The van der Waals surface area contributed by atoms with Gasteiger partial charge in [0.25, 0.3) is 0 Å². The number of allylic oxidation sites excluding steroid dienone is 1. The zero-order valence-corrected chi connectivity index (χ0v) is 8.60. The molecule has 2 heteroatoms. The molecule has 0 aromatic heterocycles. The van der Waals surface area contributed by atoms with Crippen molar-refractivity contribution in [3.63, 3.8) is 0 Å². The van der Waals surface area contributed by atoms with E-state index in [9.17, 15) is 0 Å². The van der Waals surface area contributed by atoms with Gasteiger partial charge in [0.05, 0.1) is 4.55 Å². The molecular formula is C8H14IN. The fraction of sp³-hybridized carbons (Fsp3) is 0.750. The third-order valence-corrected chi connectivity index (χ3v) is 2.88. The Morgan fingerprint density at radius 2 is 2.50 bits per heavy atom. The van der Waals surface area contributed by atoms with Crippen molar-refractivity contribution >= 4 is 22.6 Å². The molecule has 1 aliphatic rings. The SMILES string of the molecule is CC1=CCN(CI)CCC1. The van der Waals surface area contributed by atoms with E-state index in [1.54, 1.807) is 5.57 Å². The summed E-state index contributed by atoms with van der Waals surface area (Å²) in [6.45, 7) is 4.67. The molecule has 0 N–H and O–H groups in total. The minimum atomic E-state index is 1.16. The molecule has 1 rings (SSSR count). The highest BCUT2D eigenvalue weighted by Crippen LogP contribution is 2.10. The molecule has 0 radical (unpaired) electrons. The van der Waals surface area contributed by atoms with E-state index >= 15 is 0 Å². The zero-order chi connectivity index (χ0) is 7.40. The van der Waals surface area contributed by atoms with E-state index in [2.05, 4.69) is 40.5 Å². The van der Waals surface area contributed by atoms with Crippen molar-refractivity contribution in [2.24, 2.45) is 0 Å². The lowest BCUT2D eigenvalue weighted by atomic mass is 10.2. The van der Waals surface area contributed by atoms with Crippen LogP contribution in [0.2, 0.25) is 0 Å².